The number of carbonyl (C=O) groups excluding carboxylic acids is 1. The summed E-state index contributed by atoms with van der Waals surface area (Å²) in [5.74, 6) is 0.423. The smallest absolute Gasteiger partial charge is 0.228 e. The number of aryl methyl sites for hydroxylation is 1. The van der Waals surface area contributed by atoms with Crippen LogP contribution in [0.4, 0.5) is 0 Å². The molecule has 1 aromatic heterocycles. The van der Waals surface area contributed by atoms with E-state index in [0.717, 1.165) is 48.6 Å². The predicted molar refractivity (Wildman–Crippen MR) is 105 cm³/mol. The number of amides is 1. The highest BCUT2D eigenvalue weighted by atomic mass is 35.5. The fraction of sp³-hybridized carbons (Fsp3) is 0.474. The zero-order valence-corrected chi connectivity index (χ0v) is 16.3. The van der Waals surface area contributed by atoms with E-state index in [1.54, 1.807) is 4.68 Å². The van der Waals surface area contributed by atoms with Crippen LogP contribution in [0.3, 0.4) is 0 Å². The maximum atomic E-state index is 13.3. The second-order valence-electron chi connectivity index (χ2n) is 7.06. The Kier molecular flexibility index (Phi) is 5.90. The highest BCUT2D eigenvalue weighted by molar-refractivity contribution is 6.30. The normalized spacial score (nSPS) is 25.3. The molecule has 1 N–H and O–H groups in total. The molecule has 0 bridgehead atoms. The molecule has 1 unspecified atom stereocenters. The molecule has 1 aromatic carbocycles. The molecule has 0 radical (unpaired) electrons. The van der Waals surface area contributed by atoms with Crippen molar-refractivity contribution in [2.24, 2.45) is 13.0 Å². The summed E-state index contributed by atoms with van der Waals surface area (Å²) in [5.41, 5.74) is 2.28. The zero-order valence-electron chi connectivity index (χ0n) is 14.8. The second-order valence-corrected chi connectivity index (χ2v) is 7.50. The SMILES string of the molecule is Cl.Cn1cc([C@H]2CNC[C@@H]2C(=O)N2CCCC2c2cccc(Cl)c2)cn1. The van der Waals surface area contributed by atoms with Crippen molar-refractivity contribution in [2.45, 2.75) is 24.8 Å². The topological polar surface area (TPSA) is 50.2 Å². The van der Waals surface area contributed by atoms with Gasteiger partial charge in [0.2, 0.25) is 5.91 Å². The number of halogens is 2. The maximum Gasteiger partial charge on any atom is 0.228 e. The quantitative estimate of drug-likeness (QED) is 0.869. The van der Waals surface area contributed by atoms with E-state index in [-0.39, 0.29) is 36.2 Å². The highest BCUT2D eigenvalue weighted by Gasteiger charge is 2.40. The van der Waals surface area contributed by atoms with Gasteiger partial charge in [0.05, 0.1) is 18.2 Å². The van der Waals surface area contributed by atoms with Gasteiger partial charge in [-0.1, -0.05) is 23.7 Å². The standard InChI is InChI=1S/C19H23ClN4O.ClH/c1-23-12-14(9-22-23)16-10-21-11-17(16)19(25)24-7-3-6-18(24)13-4-2-5-15(20)8-13;/h2,4-5,8-9,12,16-18,21H,3,6-7,10-11H2,1H3;1H/t16-,17+,18?;/m1./s1. The average molecular weight is 395 g/mol. The van der Waals surface area contributed by atoms with Crippen LogP contribution >= 0.6 is 24.0 Å². The van der Waals surface area contributed by atoms with Crippen LogP contribution in [0.25, 0.3) is 0 Å². The highest BCUT2D eigenvalue weighted by Crippen LogP contribution is 2.37. The van der Waals surface area contributed by atoms with Crippen molar-refractivity contribution in [2.75, 3.05) is 19.6 Å². The number of hydrogen-bond donors (Lipinski definition) is 1. The minimum Gasteiger partial charge on any atom is -0.335 e. The number of rotatable bonds is 3. The van der Waals surface area contributed by atoms with Crippen molar-refractivity contribution < 1.29 is 4.79 Å². The molecule has 1 amide bonds. The Labute approximate surface area is 165 Å². The zero-order chi connectivity index (χ0) is 17.4. The summed E-state index contributed by atoms with van der Waals surface area (Å²) in [4.78, 5) is 15.4. The number of carbonyl (C=O) groups is 1. The number of nitrogens with one attached hydrogen (secondary N) is 1. The van der Waals surface area contributed by atoms with Crippen LogP contribution in [-0.2, 0) is 11.8 Å². The second kappa shape index (κ2) is 7.99. The average Bonchev–Trinajstić information content (AvgIpc) is 3.34. The van der Waals surface area contributed by atoms with Crippen molar-refractivity contribution in [3.8, 4) is 0 Å². The molecule has 0 aliphatic carbocycles. The third-order valence-corrected chi connectivity index (χ3v) is 5.69. The van der Waals surface area contributed by atoms with Gasteiger partial charge in [-0.25, -0.2) is 0 Å². The van der Waals surface area contributed by atoms with Crippen LogP contribution in [0.1, 0.15) is 35.9 Å². The van der Waals surface area contributed by atoms with Crippen LogP contribution < -0.4 is 5.32 Å². The Bertz CT molecular complexity index is 778. The molecule has 140 valence electrons. The van der Waals surface area contributed by atoms with E-state index < -0.39 is 0 Å². The van der Waals surface area contributed by atoms with Crippen molar-refractivity contribution in [3.05, 3.63) is 52.8 Å². The number of nitrogens with zero attached hydrogens (tertiary/aromatic N) is 3. The van der Waals surface area contributed by atoms with Crippen molar-refractivity contribution >= 4 is 29.9 Å². The Balaban J connectivity index is 0.00000196. The van der Waals surface area contributed by atoms with Gasteiger partial charge in [0.25, 0.3) is 0 Å². The van der Waals surface area contributed by atoms with Gasteiger partial charge < -0.3 is 10.2 Å². The Morgan fingerprint density at radius 2 is 2.15 bits per heavy atom. The summed E-state index contributed by atoms with van der Waals surface area (Å²) >= 11 is 6.16. The lowest BCUT2D eigenvalue weighted by Crippen LogP contribution is -2.38. The van der Waals surface area contributed by atoms with Gasteiger partial charge >= 0.3 is 0 Å². The third kappa shape index (κ3) is 3.61. The minimum atomic E-state index is -0.0241. The lowest BCUT2D eigenvalue weighted by atomic mass is 9.89. The van der Waals surface area contributed by atoms with E-state index in [1.165, 1.54) is 0 Å². The van der Waals surface area contributed by atoms with E-state index in [2.05, 4.69) is 21.4 Å². The van der Waals surface area contributed by atoms with Gasteiger partial charge in [0.1, 0.15) is 0 Å². The first-order valence-corrected chi connectivity index (χ1v) is 9.26. The summed E-state index contributed by atoms with van der Waals surface area (Å²) in [5, 5.41) is 8.40. The molecule has 5 nitrogen and oxygen atoms in total. The Morgan fingerprint density at radius 3 is 2.88 bits per heavy atom. The monoisotopic (exact) mass is 394 g/mol. The lowest BCUT2D eigenvalue weighted by molar-refractivity contribution is -0.136. The van der Waals surface area contributed by atoms with Gasteiger partial charge in [0, 0.05) is 43.8 Å². The van der Waals surface area contributed by atoms with Crippen molar-refractivity contribution in [1.29, 1.82) is 0 Å². The van der Waals surface area contributed by atoms with E-state index in [9.17, 15) is 4.79 Å². The molecular weight excluding hydrogens is 371 g/mol. The molecule has 0 saturated carbocycles. The number of aromatic nitrogens is 2. The summed E-state index contributed by atoms with van der Waals surface area (Å²) in [7, 11) is 1.92. The number of benzene rings is 1. The maximum absolute atomic E-state index is 13.3. The van der Waals surface area contributed by atoms with Crippen molar-refractivity contribution in [3.63, 3.8) is 0 Å². The number of hydrogen-bond acceptors (Lipinski definition) is 3. The van der Waals surface area contributed by atoms with E-state index >= 15 is 0 Å². The van der Waals surface area contributed by atoms with Gasteiger partial charge in [-0.2, -0.15) is 5.10 Å². The van der Waals surface area contributed by atoms with E-state index in [0.29, 0.717) is 0 Å². The van der Waals surface area contributed by atoms with Crippen LogP contribution in [0.5, 0.6) is 0 Å². The van der Waals surface area contributed by atoms with Crippen LogP contribution in [0, 0.1) is 5.92 Å². The fourth-order valence-electron chi connectivity index (χ4n) is 4.22. The molecule has 3 atom stereocenters. The van der Waals surface area contributed by atoms with E-state index in [4.69, 9.17) is 11.6 Å². The molecule has 7 heteroatoms. The molecule has 4 rings (SSSR count). The molecular formula is C19H24Cl2N4O. The summed E-state index contributed by atoms with van der Waals surface area (Å²) in [6.07, 6.45) is 5.96. The molecule has 3 heterocycles. The molecule has 26 heavy (non-hydrogen) atoms. The van der Waals surface area contributed by atoms with Gasteiger partial charge in [0.15, 0.2) is 0 Å². The summed E-state index contributed by atoms with van der Waals surface area (Å²) in [6.45, 7) is 2.39. The van der Waals surface area contributed by atoms with Crippen LogP contribution in [0.15, 0.2) is 36.7 Å². The predicted octanol–water partition coefficient (Wildman–Crippen LogP) is 3.16. The minimum absolute atomic E-state index is 0. The van der Waals surface area contributed by atoms with Crippen molar-refractivity contribution in [1.82, 2.24) is 20.0 Å². The lowest BCUT2D eigenvalue weighted by Gasteiger charge is -2.29. The van der Waals surface area contributed by atoms with Crippen LogP contribution in [-0.4, -0.2) is 40.2 Å². The molecule has 2 aliphatic heterocycles. The Hall–Kier alpha value is -1.56. The van der Waals surface area contributed by atoms with Gasteiger partial charge in [-0.3, -0.25) is 9.48 Å². The van der Waals surface area contributed by atoms with Gasteiger partial charge in [-0.15, -0.1) is 12.4 Å². The Morgan fingerprint density at radius 1 is 1.31 bits per heavy atom. The summed E-state index contributed by atoms with van der Waals surface area (Å²) < 4.78 is 1.81. The first-order valence-electron chi connectivity index (χ1n) is 8.88. The summed E-state index contributed by atoms with van der Waals surface area (Å²) in [6, 6.07) is 8.05. The molecule has 2 saturated heterocycles. The molecule has 0 spiro atoms. The number of likely N-dealkylation sites (tertiary alicyclic amines) is 1. The molecule has 2 aliphatic rings. The largest absolute Gasteiger partial charge is 0.335 e. The molecule has 2 fully saturated rings. The molecule has 2 aromatic rings. The first-order chi connectivity index (χ1) is 12.1. The fourth-order valence-corrected chi connectivity index (χ4v) is 4.42. The third-order valence-electron chi connectivity index (χ3n) is 5.45. The first kappa shape index (κ1) is 19.2. The van der Waals surface area contributed by atoms with Gasteiger partial charge in [-0.05, 0) is 36.1 Å². The van der Waals surface area contributed by atoms with Crippen LogP contribution in [0.2, 0.25) is 5.02 Å². The van der Waals surface area contributed by atoms with E-state index in [1.807, 2.05) is 37.6 Å².